The molecular formula is C21H26N4O. The number of aryl methyl sites for hydroxylation is 1. The van der Waals surface area contributed by atoms with Gasteiger partial charge in [0.2, 0.25) is 5.91 Å². The second-order valence-corrected chi connectivity index (χ2v) is 7.22. The van der Waals surface area contributed by atoms with Crippen molar-refractivity contribution >= 4 is 11.6 Å². The van der Waals surface area contributed by atoms with Gasteiger partial charge in [0.05, 0.1) is 5.69 Å². The lowest BCUT2D eigenvalue weighted by Gasteiger charge is -2.33. The van der Waals surface area contributed by atoms with Gasteiger partial charge in [-0.15, -0.1) is 0 Å². The van der Waals surface area contributed by atoms with E-state index in [-0.39, 0.29) is 18.5 Å². The molecule has 26 heavy (non-hydrogen) atoms. The van der Waals surface area contributed by atoms with E-state index in [2.05, 4.69) is 37.3 Å². The Morgan fingerprint density at radius 1 is 1.31 bits per heavy atom. The van der Waals surface area contributed by atoms with Crippen LogP contribution in [0.4, 0.5) is 5.69 Å². The molecule has 5 heteroatoms. The lowest BCUT2D eigenvalue weighted by molar-refractivity contribution is -0.135. The van der Waals surface area contributed by atoms with Crippen molar-refractivity contribution in [3.63, 3.8) is 0 Å². The summed E-state index contributed by atoms with van der Waals surface area (Å²) in [6, 6.07) is 12.4. The Balaban J connectivity index is 1.86. The molecule has 1 saturated heterocycles. The van der Waals surface area contributed by atoms with Gasteiger partial charge in [-0.25, -0.2) is 0 Å². The van der Waals surface area contributed by atoms with Crippen LogP contribution in [0.25, 0.3) is 0 Å². The molecule has 0 saturated carbocycles. The van der Waals surface area contributed by atoms with E-state index in [4.69, 9.17) is 5.73 Å². The lowest BCUT2D eigenvalue weighted by atomic mass is 10.0. The van der Waals surface area contributed by atoms with E-state index in [1.54, 1.807) is 10.6 Å². The minimum Gasteiger partial charge on any atom is -0.397 e. The number of amides is 1. The normalized spacial score (nSPS) is 17.1. The molecule has 136 valence electrons. The molecular weight excluding hydrogens is 324 g/mol. The molecule has 0 radical (unpaired) electrons. The highest BCUT2D eigenvalue weighted by Crippen LogP contribution is 2.23. The van der Waals surface area contributed by atoms with Crippen LogP contribution in [0.5, 0.6) is 0 Å². The number of anilines is 1. The first-order valence-electron chi connectivity index (χ1n) is 9.22. The maximum Gasteiger partial charge on any atom is 0.242 e. The number of carbonyl (C=O) groups excluding carboxylic acids is 1. The minimum atomic E-state index is 0.0643. The van der Waals surface area contributed by atoms with Crippen molar-refractivity contribution in [1.82, 2.24) is 9.47 Å². The Kier molecular flexibility index (Phi) is 5.32. The zero-order valence-corrected chi connectivity index (χ0v) is 15.5. The molecule has 0 aliphatic carbocycles. The Morgan fingerprint density at radius 2 is 2.04 bits per heavy atom. The second kappa shape index (κ2) is 7.65. The summed E-state index contributed by atoms with van der Waals surface area (Å²) in [5.41, 5.74) is 10.3. The van der Waals surface area contributed by atoms with Crippen molar-refractivity contribution in [3.8, 4) is 6.07 Å². The zero-order valence-electron chi connectivity index (χ0n) is 15.5. The van der Waals surface area contributed by atoms with Gasteiger partial charge in [0, 0.05) is 24.7 Å². The third-order valence-electron chi connectivity index (χ3n) is 5.27. The summed E-state index contributed by atoms with van der Waals surface area (Å²) in [6.07, 6.45) is 3.87. The Labute approximate surface area is 155 Å². The van der Waals surface area contributed by atoms with Crippen LogP contribution in [0.3, 0.4) is 0 Å². The fourth-order valence-corrected chi connectivity index (χ4v) is 3.67. The van der Waals surface area contributed by atoms with Crippen LogP contribution in [0, 0.1) is 18.3 Å². The molecule has 1 amide bonds. The molecule has 1 aliphatic rings. The Hall–Kier alpha value is -2.74. The van der Waals surface area contributed by atoms with Crippen LogP contribution >= 0.6 is 0 Å². The molecule has 0 spiro atoms. The second-order valence-electron chi connectivity index (χ2n) is 7.22. The summed E-state index contributed by atoms with van der Waals surface area (Å²) in [5.74, 6) is 0.0643. The summed E-state index contributed by atoms with van der Waals surface area (Å²) >= 11 is 0. The van der Waals surface area contributed by atoms with Crippen LogP contribution < -0.4 is 5.73 Å². The van der Waals surface area contributed by atoms with Gasteiger partial charge in [-0.3, -0.25) is 4.79 Å². The molecule has 2 N–H and O–H groups in total. The highest BCUT2D eigenvalue weighted by atomic mass is 16.2. The van der Waals surface area contributed by atoms with Gasteiger partial charge in [-0.05, 0) is 44.7 Å². The largest absolute Gasteiger partial charge is 0.397 e. The van der Waals surface area contributed by atoms with Crippen molar-refractivity contribution in [2.24, 2.45) is 0 Å². The van der Waals surface area contributed by atoms with E-state index < -0.39 is 0 Å². The molecule has 2 aromatic rings. The van der Waals surface area contributed by atoms with Gasteiger partial charge in [0.15, 0.2) is 0 Å². The maximum atomic E-state index is 12.9. The van der Waals surface area contributed by atoms with Crippen LogP contribution in [0.15, 0.2) is 30.3 Å². The first-order valence-corrected chi connectivity index (χ1v) is 9.22. The van der Waals surface area contributed by atoms with Crippen molar-refractivity contribution in [2.75, 3.05) is 12.3 Å². The number of carbonyl (C=O) groups is 1. The smallest absolute Gasteiger partial charge is 0.242 e. The highest BCUT2D eigenvalue weighted by Gasteiger charge is 2.25. The van der Waals surface area contributed by atoms with E-state index in [0.717, 1.165) is 30.6 Å². The van der Waals surface area contributed by atoms with Gasteiger partial charge >= 0.3 is 0 Å². The lowest BCUT2D eigenvalue weighted by Crippen LogP contribution is -2.43. The quantitative estimate of drug-likeness (QED) is 0.920. The summed E-state index contributed by atoms with van der Waals surface area (Å²) in [5, 5.41) is 9.48. The van der Waals surface area contributed by atoms with Gasteiger partial charge in [0.25, 0.3) is 0 Å². The van der Waals surface area contributed by atoms with Gasteiger partial charge in [0.1, 0.15) is 18.3 Å². The molecule has 1 aliphatic heterocycles. The molecule has 0 bridgehead atoms. The van der Waals surface area contributed by atoms with E-state index in [1.165, 1.54) is 12.0 Å². The van der Waals surface area contributed by atoms with Crippen LogP contribution in [-0.4, -0.2) is 28.0 Å². The third kappa shape index (κ3) is 3.75. The first kappa shape index (κ1) is 18.1. The standard InChI is InChI=1S/C21H26N4O/c1-15-6-8-17(9-7-15)11-20-19(23)12-18(13-22)25(20)14-21(26)24-10-4-3-5-16(24)2/h6-9,12,16H,3-5,10-11,14,23H2,1-2H3. The van der Waals surface area contributed by atoms with E-state index in [0.29, 0.717) is 17.8 Å². The first-order chi connectivity index (χ1) is 12.5. The summed E-state index contributed by atoms with van der Waals surface area (Å²) in [6.45, 7) is 5.12. The van der Waals surface area contributed by atoms with Gasteiger partial charge in [-0.2, -0.15) is 5.26 Å². The zero-order chi connectivity index (χ0) is 18.7. The predicted octanol–water partition coefficient (Wildman–Crippen LogP) is 3.24. The van der Waals surface area contributed by atoms with Crippen LogP contribution in [0.1, 0.15) is 48.7 Å². The van der Waals surface area contributed by atoms with E-state index in [1.807, 2.05) is 11.8 Å². The van der Waals surface area contributed by atoms with Crippen molar-refractivity contribution < 1.29 is 4.79 Å². The van der Waals surface area contributed by atoms with E-state index in [9.17, 15) is 10.1 Å². The molecule has 1 unspecified atom stereocenters. The average Bonchev–Trinajstić information content (AvgIpc) is 2.92. The number of nitrogens with zero attached hydrogens (tertiary/aromatic N) is 3. The van der Waals surface area contributed by atoms with E-state index >= 15 is 0 Å². The number of hydrogen-bond donors (Lipinski definition) is 1. The number of likely N-dealkylation sites (tertiary alicyclic amines) is 1. The number of hydrogen-bond acceptors (Lipinski definition) is 3. The Bertz CT molecular complexity index is 829. The average molecular weight is 350 g/mol. The molecule has 1 aromatic heterocycles. The van der Waals surface area contributed by atoms with Gasteiger partial charge < -0.3 is 15.2 Å². The number of nitrogens with two attached hydrogens (primary N) is 1. The van der Waals surface area contributed by atoms with Crippen molar-refractivity contribution in [1.29, 1.82) is 5.26 Å². The number of nitriles is 1. The SMILES string of the molecule is Cc1ccc(Cc2c(N)cc(C#N)n2CC(=O)N2CCCCC2C)cc1. The topological polar surface area (TPSA) is 75.0 Å². The summed E-state index contributed by atoms with van der Waals surface area (Å²) in [7, 11) is 0. The monoisotopic (exact) mass is 350 g/mol. The number of nitrogen functional groups attached to an aromatic ring is 1. The number of benzene rings is 1. The van der Waals surface area contributed by atoms with Crippen molar-refractivity contribution in [2.45, 2.75) is 52.1 Å². The highest BCUT2D eigenvalue weighted by molar-refractivity contribution is 5.77. The molecule has 3 rings (SSSR count). The van der Waals surface area contributed by atoms with Crippen LogP contribution in [-0.2, 0) is 17.8 Å². The molecule has 2 heterocycles. The Morgan fingerprint density at radius 3 is 2.69 bits per heavy atom. The summed E-state index contributed by atoms with van der Waals surface area (Å²) in [4.78, 5) is 14.8. The fourth-order valence-electron chi connectivity index (χ4n) is 3.67. The third-order valence-corrected chi connectivity index (χ3v) is 5.27. The predicted molar refractivity (Wildman–Crippen MR) is 103 cm³/mol. The van der Waals surface area contributed by atoms with Crippen molar-refractivity contribution in [3.05, 3.63) is 52.8 Å². The van der Waals surface area contributed by atoms with Crippen LogP contribution in [0.2, 0.25) is 0 Å². The molecule has 5 nitrogen and oxygen atoms in total. The molecule has 1 atom stereocenters. The number of rotatable bonds is 4. The minimum absolute atomic E-state index is 0.0643. The summed E-state index contributed by atoms with van der Waals surface area (Å²) < 4.78 is 1.79. The number of piperidine rings is 1. The maximum absolute atomic E-state index is 12.9. The molecule has 1 aromatic carbocycles. The number of aromatic nitrogens is 1. The fraction of sp³-hybridized carbons (Fsp3) is 0.429. The van der Waals surface area contributed by atoms with Gasteiger partial charge in [-0.1, -0.05) is 29.8 Å². The molecule has 1 fully saturated rings.